The molecule has 2 amide bonds. The Morgan fingerprint density at radius 2 is 2.00 bits per heavy atom. The van der Waals surface area contributed by atoms with Crippen molar-refractivity contribution < 1.29 is 14.1 Å². The Kier molecular flexibility index (Phi) is 4.19. The second-order valence-electron chi connectivity index (χ2n) is 4.95. The van der Waals surface area contributed by atoms with E-state index < -0.39 is 0 Å². The summed E-state index contributed by atoms with van der Waals surface area (Å²) in [5.74, 6) is 0.354. The second kappa shape index (κ2) is 5.86. The molecule has 1 aromatic rings. The standard InChI is InChI=1S/C13H19N3O3/c1-8-12(9(2)19-16-8)15-11(17)7-14-13(18)10-5-3-4-6-10/h10H,3-7H2,1-2H3,(H,14,18)(H,15,17). The SMILES string of the molecule is Cc1noc(C)c1NC(=O)CNC(=O)C1CCCC1. The lowest BCUT2D eigenvalue weighted by Crippen LogP contribution is -2.36. The fraction of sp³-hybridized carbons (Fsp3) is 0.615. The number of carbonyl (C=O) groups excluding carboxylic acids is 2. The number of rotatable bonds is 4. The molecule has 0 saturated heterocycles. The Morgan fingerprint density at radius 3 is 2.58 bits per heavy atom. The maximum absolute atomic E-state index is 11.8. The molecule has 1 saturated carbocycles. The molecule has 0 spiro atoms. The summed E-state index contributed by atoms with van der Waals surface area (Å²) in [5, 5.41) is 9.12. The zero-order chi connectivity index (χ0) is 13.8. The molecule has 0 aliphatic heterocycles. The average molecular weight is 265 g/mol. The Bertz CT molecular complexity index is 456. The van der Waals surface area contributed by atoms with Crippen LogP contribution in [0.4, 0.5) is 5.69 Å². The van der Waals surface area contributed by atoms with E-state index in [1.807, 2.05) is 0 Å². The molecule has 6 nitrogen and oxygen atoms in total. The molecule has 1 aliphatic rings. The zero-order valence-electron chi connectivity index (χ0n) is 11.3. The minimum Gasteiger partial charge on any atom is -0.359 e. The molecule has 2 N–H and O–H groups in total. The molecule has 2 rings (SSSR count). The Hall–Kier alpha value is -1.85. The van der Waals surface area contributed by atoms with Crippen molar-refractivity contribution in [1.29, 1.82) is 0 Å². The molecule has 1 heterocycles. The maximum Gasteiger partial charge on any atom is 0.243 e. The molecule has 0 atom stereocenters. The second-order valence-corrected chi connectivity index (χ2v) is 4.95. The summed E-state index contributed by atoms with van der Waals surface area (Å²) in [6.07, 6.45) is 4.06. The van der Waals surface area contributed by atoms with Gasteiger partial charge in [-0.25, -0.2) is 0 Å². The predicted molar refractivity (Wildman–Crippen MR) is 69.6 cm³/mol. The molecule has 0 radical (unpaired) electrons. The van der Waals surface area contributed by atoms with Crippen LogP contribution in [0.15, 0.2) is 4.52 Å². The van der Waals surface area contributed by atoms with Crippen LogP contribution in [-0.2, 0) is 9.59 Å². The third-order valence-corrected chi connectivity index (χ3v) is 3.45. The van der Waals surface area contributed by atoms with Crippen LogP contribution in [0.1, 0.15) is 37.1 Å². The fourth-order valence-corrected chi connectivity index (χ4v) is 2.34. The molecule has 1 aromatic heterocycles. The van der Waals surface area contributed by atoms with Gasteiger partial charge in [-0.05, 0) is 26.7 Å². The highest BCUT2D eigenvalue weighted by Gasteiger charge is 2.23. The number of nitrogens with zero attached hydrogens (tertiary/aromatic N) is 1. The van der Waals surface area contributed by atoms with Gasteiger partial charge < -0.3 is 15.2 Å². The van der Waals surface area contributed by atoms with E-state index in [4.69, 9.17) is 4.52 Å². The van der Waals surface area contributed by atoms with E-state index in [9.17, 15) is 9.59 Å². The first kappa shape index (κ1) is 13.6. The molecular formula is C13H19N3O3. The van der Waals surface area contributed by atoms with Crippen LogP contribution in [-0.4, -0.2) is 23.5 Å². The highest BCUT2D eigenvalue weighted by Crippen LogP contribution is 2.24. The number of aromatic nitrogens is 1. The van der Waals surface area contributed by atoms with Crippen LogP contribution in [0.25, 0.3) is 0 Å². The minimum absolute atomic E-state index is 0.0145. The highest BCUT2D eigenvalue weighted by atomic mass is 16.5. The predicted octanol–water partition coefficient (Wildman–Crippen LogP) is 1.54. The topological polar surface area (TPSA) is 84.2 Å². The minimum atomic E-state index is -0.263. The van der Waals surface area contributed by atoms with Gasteiger partial charge in [0.05, 0.1) is 6.54 Å². The van der Waals surface area contributed by atoms with E-state index in [1.165, 1.54) is 0 Å². The highest BCUT2D eigenvalue weighted by molar-refractivity contribution is 5.95. The first-order valence-corrected chi connectivity index (χ1v) is 6.58. The summed E-state index contributed by atoms with van der Waals surface area (Å²) in [7, 11) is 0. The lowest BCUT2D eigenvalue weighted by molar-refractivity contribution is -0.127. The Morgan fingerprint density at radius 1 is 1.32 bits per heavy atom. The molecular weight excluding hydrogens is 246 g/mol. The van der Waals surface area contributed by atoms with Crippen molar-refractivity contribution in [2.75, 3.05) is 11.9 Å². The van der Waals surface area contributed by atoms with E-state index in [0.29, 0.717) is 17.1 Å². The maximum atomic E-state index is 11.8. The van der Waals surface area contributed by atoms with Crippen LogP contribution < -0.4 is 10.6 Å². The zero-order valence-corrected chi connectivity index (χ0v) is 11.3. The molecule has 1 aliphatic carbocycles. The van der Waals surface area contributed by atoms with Gasteiger partial charge in [-0.1, -0.05) is 18.0 Å². The van der Waals surface area contributed by atoms with Crippen molar-refractivity contribution in [2.45, 2.75) is 39.5 Å². The van der Waals surface area contributed by atoms with Gasteiger partial charge in [0.2, 0.25) is 11.8 Å². The van der Waals surface area contributed by atoms with Crippen LogP contribution in [0, 0.1) is 19.8 Å². The molecule has 0 aromatic carbocycles. The lowest BCUT2D eigenvalue weighted by Gasteiger charge is -2.10. The molecule has 0 unspecified atom stereocenters. The van der Waals surface area contributed by atoms with Crippen LogP contribution >= 0.6 is 0 Å². The summed E-state index contributed by atoms with van der Waals surface area (Å²) in [5.41, 5.74) is 1.22. The normalized spacial score (nSPS) is 15.5. The van der Waals surface area contributed by atoms with Crippen molar-refractivity contribution in [1.82, 2.24) is 10.5 Å². The van der Waals surface area contributed by atoms with Crippen molar-refractivity contribution in [3.05, 3.63) is 11.5 Å². The number of hydrogen-bond acceptors (Lipinski definition) is 4. The van der Waals surface area contributed by atoms with Gasteiger partial charge in [0.25, 0.3) is 0 Å². The van der Waals surface area contributed by atoms with Gasteiger partial charge in [0.15, 0.2) is 5.76 Å². The van der Waals surface area contributed by atoms with Crippen LogP contribution in [0.3, 0.4) is 0 Å². The third-order valence-electron chi connectivity index (χ3n) is 3.45. The summed E-state index contributed by atoms with van der Waals surface area (Å²) in [4.78, 5) is 23.5. The largest absolute Gasteiger partial charge is 0.359 e. The molecule has 19 heavy (non-hydrogen) atoms. The number of amides is 2. The summed E-state index contributed by atoms with van der Waals surface area (Å²) >= 11 is 0. The molecule has 6 heteroatoms. The van der Waals surface area contributed by atoms with E-state index in [-0.39, 0.29) is 24.3 Å². The first-order valence-electron chi connectivity index (χ1n) is 6.58. The summed E-state index contributed by atoms with van der Waals surface area (Å²) in [6.45, 7) is 3.47. The van der Waals surface area contributed by atoms with Gasteiger partial charge in [-0.3, -0.25) is 9.59 Å². The fourth-order valence-electron chi connectivity index (χ4n) is 2.34. The quantitative estimate of drug-likeness (QED) is 0.864. The third kappa shape index (κ3) is 3.33. The smallest absolute Gasteiger partial charge is 0.243 e. The van der Waals surface area contributed by atoms with Crippen LogP contribution in [0.2, 0.25) is 0 Å². The number of carbonyl (C=O) groups is 2. The Balaban J connectivity index is 1.80. The van der Waals surface area contributed by atoms with E-state index >= 15 is 0 Å². The van der Waals surface area contributed by atoms with Crippen molar-refractivity contribution in [3.63, 3.8) is 0 Å². The van der Waals surface area contributed by atoms with Crippen molar-refractivity contribution in [2.24, 2.45) is 5.92 Å². The van der Waals surface area contributed by atoms with Gasteiger partial charge in [0, 0.05) is 5.92 Å². The van der Waals surface area contributed by atoms with E-state index in [2.05, 4.69) is 15.8 Å². The molecule has 1 fully saturated rings. The molecule has 0 bridgehead atoms. The van der Waals surface area contributed by atoms with E-state index in [0.717, 1.165) is 25.7 Å². The lowest BCUT2D eigenvalue weighted by atomic mass is 10.1. The number of anilines is 1. The summed E-state index contributed by atoms with van der Waals surface area (Å²) < 4.78 is 4.95. The number of hydrogen-bond donors (Lipinski definition) is 2. The van der Waals surface area contributed by atoms with Gasteiger partial charge >= 0.3 is 0 Å². The summed E-state index contributed by atoms with van der Waals surface area (Å²) in [6, 6.07) is 0. The number of aryl methyl sites for hydroxylation is 2. The molecule has 104 valence electrons. The monoisotopic (exact) mass is 265 g/mol. The van der Waals surface area contributed by atoms with Gasteiger partial charge in [0.1, 0.15) is 11.4 Å². The number of nitrogens with one attached hydrogen (secondary N) is 2. The van der Waals surface area contributed by atoms with Crippen LogP contribution in [0.5, 0.6) is 0 Å². The first-order chi connectivity index (χ1) is 9.08. The van der Waals surface area contributed by atoms with Gasteiger partial charge in [-0.15, -0.1) is 0 Å². The average Bonchev–Trinajstić information content (AvgIpc) is 3.01. The van der Waals surface area contributed by atoms with Crippen molar-refractivity contribution in [3.8, 4) is 0 Å². The van der Waals surface area contributed by atoms with E-state index in [1.54, 1.807) is 13.8 Å². The Labute approximate surface area is 111 Å². The van der Waals surface area contributed by atoms with Gasteiger partial charge in [-0.2, -0.15) is 0 Å². The van der Waals surface area contributed by atoms with Crippen molar-refractivity contribution >= 4 is 17.5 Å².